The summed E-state index contributed by atoms with van der Waals surface area (Å²) in [7, 11) is 0. The van der Waals surface area contributed by atoms with Crippen molar-refractivity contribution in [1.29, 1.82) is 0 Å². The van der Waals surface area contributed by atoms with Gasteiger partial charge in [-0.05, 0) is 26.3 Å². The van der Waals surface area contributed by atoms with Crippen LogP contribution >= 0.6 is 0 Å². The van der Waals surface area contributed by atoms with E-state index >= 15 is 0 Å². The molecule has 1 heterocycles. The number of hydrogen-bond acceptors (Lipinski definition) is 3. The number of hydrogen-bond donors (Lipinski definition) is 2. The zero-order chi connectivity index (χ0) is 12.2. The van der Waals surface area contributed by atoms with Crippen LogP contribution in [0.4, 0.5) is 0 Å². The predicted molar refractivity (Wildman–Crippen MR) is 61.3 cm³/mol. The molecule has 0 fully saturated rings. The summed E-state index contributed by atoms with van der Waals surface area (Å²) in [5.41, 5.74) is -0.0575. The molecule has 0 aromatic carbocycles. The number of rotatable bonds is 5. The van der Waals surface area contributed by atoms with Gasteiger partial charge in [0.25, 0.3) is 5.91 Å². The average Bonchev–Trinajstić information content (AvgIpc) is 2.61. The molecule has 0 aliphatic heterocycles. The molecule has 0 radical (unpaired) electrons. The zero-order valence-corrected chi connectivity index (χ0v) is 10.0. The van der Waals surface area contributed by atoms with Crippen LogP contribution in [0.5, 0.6) is 0 Å². The summed E-state index contributed by atoms with van der Waals surface area (Å²) in [6.45, 7) is 5.75. The normalized spacial score (nSPS) is 14.5. The lowest BCUT2D eigenvalue weighted by atomic mass is 10.0. The van der Waals surface area contributed by atoms with Crippen molar-refractivity contribution in [2.24, 2.45) is 0 Å². The molecule has 0 spiro atoms. The van der Waals surface area contributed by atoms with Crippen molar-refractivity contribution in [1.82, 2.24) is 5.32 Å². The lowest BCUT2D eigenvalue weighted by molar-refractivity contribution is 0.0463. The van der Waals surface area contributed by atoms with Crippen LogP contribution in [-0.4, -0.2) is 23.2 Å². The minimum Gasteiger partial charge on any atom is -0.459 e. The van der Waals surface area contributed by atoms with Crippen molar-refractivity contribution in [2.75, 3.05) is 6.54 Å². The van der Waals surface area contributed by atoms with Crippen LogP contribution in [0, 0.1) is 6.92 Å². The summed E-state index contributed by atoms with van der Waals surface area (Å²) in [5, 5.41) is 12.6. The Balaban J connectivity index is 2.51. The van der Waals surface area contributed by atoms with Crippen molar-refractivity contribution in [2.45, 2.75) is 39.2 Å². The number of furan rings is 1. The lowest BCUT2D eigenvalue weighted by Crippen LogP contribution is -2.40. The first-order valence-corrected chi connectivity index (χ1v) is 5.51. The van der Waals surface area contributed by atoms with Gasteiger partial charge in [0.05, 0.1) is 11.9 Å². The van der Waals surface area contributed by atoms with E-state index in [1.54, 1.807) is 13.0 Å². The van der Waals surface area contributed by atoms with Crippen LogP contribution in [0.3, 0.4) is 0 Å². The predicted octanol–water partition coefficient (Wildman–Crippen LogP) is 1.87. The second kappa shape index (κ2) is 5.16. The van der Waals surface area contributed by atoms with Gasteiger partial charge < -0.3 is 14.8 Å². The Morgan fingerprint density at radius 1 is 1.62 bits per heavy atom. The molecule has 1 aromatic rings. The van der Waals surface area contributed by atoms with Gasteiger partial charge in [-0.25, -0.2) is 0 Å². The molecule has 1 rings (SSSR count). The maximum Gasteiger partial charge on any atom is 0.287 e. The quantitative estimate of drug-likeness (QED) is 0.804. The van der Waals surface area contributed by atoms with Gasteiger partial charge in [-0.15, -0.1) is 0 Å². The van der Waals surface area contributed by atoms with Gasteiger partial charge in [0, 0.05) is 12.1 Å². The molecular weight excluding hydrogens is 206 g/mol. The summed E-state index contributed by atoms with van der Waals surface area (Å²) >= 11 is 0. The maximum absolute atomic E-state index is 11.7. The van der Waals surface area contributed by atoms with Crippen molar-refractivity contribution in [3.63, 3.8) is 0 Å². The monoisotopic (exact) mass is 225 g/mol. The molecule has 0 saturated carbocycles. The van der Waals surface area contributed by atoms with E-state index in [0.29, 0.717) is 12.2 Å². The van der Waals surface area contributed by atoms with Gasteiger partial charge >= 0.3 is 0 Å². The Labute approximate surface area is 95.7 Å². The number of carbonyl (C=O) groups excluding carboxylic acids is 1. The Morgan fingerprint density at radius 3 is 2.81 bits per heavy atom. The summed E-state index contributed by atoms with van der Waals surface area (Å²) in [5.74, 6) is 0.0335. The van der Waals surface area contributed by atoms with Crippen LogP contribution in [0.25, 0.3) is 0 Å². The van der Waals surface area contributed by atoms with Gasteiger partial charge in [-0.3, -0.25) is 4.79 Å². The fraction of sp³-hybridized carbons (Fsp3) is 0.583. The fourth-order valence-corrected chi connectivity index (χ4v) is 1.58. The molecular formula is C12H19NO3. The molecule has 90 valence electrons. The first-order valence-electron chi connectivity index (χ1n) is 5.51. The summed E-state index contributed by atoms with van der Waals surface area (Å²) in [6.07, 6.45) is 3.02. The highest BCUT2D eigenvalue weighted by molar-refractivity contribution is 5.92. The van der Waals surface area contributed by atoms with Crippen LogP contribution in [-0.2, 0) is 0 Å². The molecule has 0 saturated heterocycles. The smallest absolute Gasteiger partial charge is 0.287 e. The lowest BCUT2D eigenvalue weighted by Gasteiger charge is -2.22. The zero-order valence-electron chi connectivity index (χ0n) is 10.0. The Morgan fingerprint density at radius 2 is 2.31 bits per heavy atom. The highest BCUT2D eigenvalue weighted by Crippen LogP contribution is 2.12. The summed E-state index contributed by atoms with van der Waals surface area (Å²) < 4.78 is 5.06. The van der Waals surface area contributed by atoms with E-state index in [0.717, 1.165) is 12.0 Å². The molecule has 4 heteroatoms. The topological polar surface area (TPSA) is 62.5 Å². The largest absolute Gasteiger partial charge is 0.459 e. The third-order valence-corrected chi connectivity index (χ3v) is 2.49. The molecule has 1 unspecified atom stereocenters. The Kier molecular flexibility index (Phi) is 4.12. The molecule has 2 N–H and O–H groups in total. The number of nitrogens with one attached hydrogen (secondary N) is 1. The first kappa shape index (κ1) is 12.8. The highest BCUT2D eigenvalue weighted by atomic mass is 16.3. The summed E-state index contributed by atoms with van der Waals surface area (Å²) in [4.78, 5) is 11.7. The van der Waals surface area contributed by atoms with E-state index in [2.05, 4.69) is 5.32 Å². The van der Waals surface area contributed by atoms with Crippen molar-refractivity contribution < 1.29 is 14.3 Å². The van der Waals surface area contributed by atoms with Crippen LogP contribution in [0.1, 0.15) is 42.8 Å². The van der Waals surface area contributed by atoms with Gasteiger partial charge in [-0.1, -0.05) is 13.3 Å². The minimum atomic E-state index is -0.856. The van der Waals surface area contributed by atoms with Crippen molar-refractivity contribution in [3.05, 3.63) is 23.7 Å². The van der Waals surface area contributed by atoms with E-state index in [1.165, 1.54) is 6.26 Å². The number of aliphatic hydroxyl groups is 1. The minimum absolute atomic E-state index is 0.236. The van der Waals surface area contributed by atoms with E-state index in [-0.39, 0.29) is 12.5 Å². The third-order valence-electron chi connectivity index (χ3n) is 2.49. The second-order valence-electron chi connectivity index (χ2n) is 4.36. The van der Waals surface area contributed by atoms with E-state index < -0.39 is 5.60 Å². The van der Waals surface area contributed by atoms with Crippen molar-refractivity contribution >= 4 is 5.91 Å². The molecule has 0 aliphatic rings. The number of carbonyl (C=O) groups is 1. The Bertz CT molecular complexity index is 355. The number of amides is 1. The Hall–Kier alpha value is -1.29. The molecule has 0 aliphatic carbocycles. The fourth-order valence-electron chi connectivity index (χ4n) is 1.58. The first-order chi connectivity index (χ1) is 7.46. The highest BCUT2D eigenvalue weighted by Gasteiger charge is 2.21. The van der Waals surface area contributed by atoms with Crippen LogP contribution in [0.15, 0.2) is 16.7 Å². The van der Waals surface area contributed by atoms with Crippen LogP contribution in [0.2, 0.25) is 0 Å². The molecule has 1 aromatic heterocycles. The average molecular weight is 225 g/mol. The van der Waals surface area contributed by atoms with E-state index in [1.807, 2.05) is 13.8 Å². The van der Waals surface area contributed by atoms with Gasteiger partial charge in [-0.2, -0.15) is 0 Å². The van der Waals surface area contributed by atoms with E-state index in [9.17, 15) is 9.90 Å². The third kappa shape index (κ3) is 3.38. The standard InChI is InChI=1S/C12H19NO3/c1-4-6-12(3,15)8-13-11(14)10-9(2)5-7-16-10/h5,7,15H,4,6,8H2,1-3H3,(H,13,14). The van der Waals surface area contributed by atoms with Crippen molar-refractivity contribution in [3.8, 4) is 0 Å². The molecule has 1 atom stereocenters. The second-order valence-corrected chi connectivity index (χ2v) is 4.36. The van der Waals surface area contributed by atoms with Gasteiger partial charge in [0.15, 0.2) is 5.76 Å². The van der Waals surface area contributed by atoms with Gasteiger partial charge in [0.1, 0.15) is 0 Å². The molecule has 1 amide bonds. The molecule has 0 bridgehead atoms. The molecule has 4 nitrogen and oxygen atoms in total. The maximum atomic E-state index is 11.7. The van der Waals surface area contributed by atoms with Crippen LogP contribution < -0.4 is 5.32 Å². The van der Waals surface area contributed by atoms with E-state index in [4.69, 9.17) is 4.42 Å². The van der Waals surface area contributed by atoms with Gasteiger partial charge in [0.2, 0.25) is 0 Å². The number of aryl methyl sites for hydroxylation is 1. The SMILES string of the molecule is CCCC(C)(O)CNC(=O)c1occc1C. The molecule has 16 heavy (non-hydrogen) atoms. The summed E-state index contributed by atoms with van der Waals surface area (Å²) in [6, 6.07) is 1.74.